The van der Waals surface area contributed by atoms with Gasteiger partial charge in [-0.15, -0.1) is 11.3 Å². The van der Waals surface area contributed by atoms with Crippen molar-refractivity contribution in [3.05, 3.63) is 46.5 Å². The van der Waals surface area contributed by atoms with Crippen molar-refractivity contribution in [3.8, 4) is 0 Å². The zero-order chi connectivity index (χ0) is 13.8. The first-order chi connectivity index (χ1) is 9.06. The molecule has 0 aliphatic heterocycles. The Hall–Kier alpha value is -1.88. The van der Waals surface area contributed by atoms with E-state index in [0.717, 1.165) is 11.3 Å². The molecule has 100 valence electrons. The molecule has 4 nitrogen and oxygen atoms in total. The van der Waals surface area contributed by atoms with Crippen molar-refractivity contribution in [1.29, 1.82) is 0 Å². The minimum absolute atomic E-state index is 0.00955. The van der Waals surface area contributed by atoms with Crippen LogP contribution < -0.4 is 11.1 Å². The number of nitrogens with one attached hydrogen (secondary N) is 1. The summed E-state index contributed by atoms with van der Waals surface area (Å²) in [6.07, 6.45) is 0.268. The summed E-state index contributed by atoms with van der Waals surface area (Å²) in [5, 5.41) is 5.29. The number of anilines is 1. The molecule has 2 aromatic rings. The van der Waals surface area contributed by atoms with Crippen molar-refractivity contribution in [3.63, 3.8) is 0 Å². The van der Waals surface area contributed by atoms with E-state index in [0.29, 0.717) is 5.13 Å². The molecule has 1 amide bonds. The van der Waals surface area contributed by atoms with Crippen LogP contribution in [0.5, 0.6) is 0 Å². The minimum atomic E-state index is -0.0407. The Bertz CT molecular complexity index is 580. The van der Waals surface area contributed by atoms with Gasteiger partial charge in [0.1, 0.15) is 0 Å². The van der Waals surface area contributed by atoms with Crippen LogP contribution in [0, 0.1) is 6.92 Å². The fourth-order valence-electron chi connectivity index (χ4n) is 2.01. The Kier molecular flexibility index (Phi) is 4.16. The summed E-state index contributed by atoms with van der Waals surface area (Å²) in [6.45, 7) is 4.02. The summed E-state index contributed by atoms with van der Waals surface area (Å²) in [5.41, 5.74) is 8.57. The van der Waals surface area contributed by atoms with Crippen LogP contribution in [0.25, 0.3) is 0 Å². The van der Waals surface area contributed by atoms with Gasteiger partial charge >= 0.3 is 0 Å². The Morgan fingerprint density at radius 3 is 2.84 bits per heavy atom. The molecule has 1 atom stereocenters. The second kappa shape index (κ2) is 5.84. The number of carbonyl (C=O) groups is 1. The summed E-state index contributed by atoms with van der Waals surface area (Å²) in [7, 11) is 0. The fourth-order valence-corrected chi connectivity index (χ4v) is 2.57. The van der Waals surface area contributed by atoms with Crippen LogP contribution in [0.3, 0.4) is 0 Å². The molecule has 3 N–H and O–H groups in total. The average Bonchev–Trinajstić information content (AvgIpc) is 2.74. The molecule has 0 fully saturated rings. The molecule has 0 saturated heterocycles. The highest BCUT2D eigenvalue weighted by molar-refractivity contribution is 7.13. The van der Waals surface area contributed by atoms with Crippen molar-refractivity contribution in [2.24, 2.45) is 0 Å². The smallest absolute Gasteiger partial charge is 0.226 e. The molecular formula is C14H17N3OS. The monoisotopic (exact) mass is 275 g/mol. The van der Waals surface area contributed by atoms with Crippen LogP contribution >= 0.6 is 11.3 Å². The van der Waals surface area contributed by atoms with Crippen molar-refractivity contribution in [2.75, 3.05) is 5.73 Å². The second-order valence-corrected chi connectivity index (χ2v) is 5.39. The van der Waals surface area contributed by atoms with Crippen LogP contribution in [-0.2, 0) is 11.2 Å². The molecule has 19 heavy (non-hydrogen) atoms. The first-order valence-electron chi connectivity index (χ1n) is 6.11. The quantitative estimate of drug-likeness (QED) is 0.900. The maximum absolute atomic E-state index is 11.9. The van der Waals surface area contributed by atoms with Gasteiger partial charge < -0.3 is 11.1 Å². The maximum atomic E-state index is 11.9. The largest absolute Gasteiger partial charge is 0.375 e. The van der Waals surface area contributed by atoms with E-state index in [1.54, 1.807) is 0 Å². The molecular weight excluding hydrogens is 258 g/mol. The number of benzene rings is 1. The highest BCUT2D eigenvalue weighted by Crippen LogP contribution is 2.17. The highest BCUT2D eigenvalue weighted by Gasteiger charge is 2.12. The van der Waals surface area contributed by atoms with Crippen LogP contribution in [0.15, 0.2) is 29.6 Å². The zero-order valence-corrected chi connectivity index (χ0v) is 11.8. The molecule has 0 saturated carbocycles. The number of hydrogen-bond acceptors (Lipinski definition) is 4. The number of nitrogens with zero attached hydrogens (tertiary/aromatic N) is 1. The molecule has 2 rings (SSSR count). The number of carbonyl (C=O) groups excluding carboxylic acids is 1. The van der Waals surface area contributed by atoms with Gasteiger partial charge in [0.15, 0.2) is 5.13 Å². The number of rotatable bonds is 4. The van der Waals surface area contributed by atoms with Gasteiger partial charge in [0, 0.05) is 5.38 Å². The number of aryl methyl sites for hydroxylation is 1. The predicted molar refractivity (Wildman–Crippen MR) is 78.0 cm³/mol. The van der Waals surface area contributed by atoms with Crippen LogP contribution in [0.4, 0.5) is 5.13 Å². The van der Waals surface area contributed by atoms with E-state index in [1.165, 1.54) is 16.9 Å². The van der Waals surface area contributed by atoms with Gasteiger partial charge in [-0.25, -0.2) is 4.98 Å². The number of aromatic nitrogens is 1. The number of thiazole rings is 1. The lowest BCUT2D eigenvalue weighted by molar-refractivity contribution is -0.121. The Morgan fingerprint density at radius 1 is 1.47 bits per heavy atom. The van der Waals surface area contributed by atoms with Crippen LogP contribution in [0.2, 0.25) is 0 Å². The first kappa shape index (κ1) is 13.5. The standard InChI is InChI=1S/C14H17N3OS/c1-9-5-3-4-6-12(9)10(2)16-13(18)7-11-8-19-14(15)17-11/h3-6,8,10H,7H2,1-2H3,(H2,15,17)(H,16,18)/t10-/m1/s1. The fraction of sp³-hybridized carbons (Fsp3) is 0.286. The van der Waals surface area contributed by atoms with E-state index < -0.39 is 0 Å². The molecule has 0 unspecified atom stereocenters. The lowest BCUT2D eigenvalue weighted by Gasteiger charge is -2.16. The SMILES string of the molecule is Cc1ccccc1[C@@H](C)NC(=O)Cc1csc(N)n1. The Balaban J connectivity index is 1.97. The van der Waals surface area contributed by atoms with Gasteiger partial charge in [-0.05, 0) is 25.0 Å². The topological polar surface area (TPSA) is 68.0 Å². The molecule has 5 heteroatoms. The Morgan fingerprint density at radius 2 is 2.21 bits per heavy atom. The van der Waals surface area contributed by atoms with E-state index in [4.69, 9.17) is 5.73 Å². The van der Waals surface area contributed by atoms with Gasteiger partial charge in [0.05, 0.1) is 18.2 Å². The third kappa shape index (κ3) is 3.54. The maximum Gasteiger partial charge on any atom is 0.226 e. The first-order valence-corrected chi connectivity index (χ1v) is 6.99. The summed E-state index contributed by atoms with van der Waals surface area (Å²) in [6, 6.07) is 8.03. The van der Waals surface area contributed by atoms with Crippen LogP contribution in [0.1, 0.15) is 29.8 Å². The summed E-state index contributed by atoms with van der Waals surface area (Å²) < 4.78 is 0. The van der Waals surface area contributed by atoms with E-state index in [-0.39, 0.29) is 18.4 Å². The molecule has 1 aromatic carbocycles. The highest BCUT2D eigenvalue weighted by atomic mass is 32.1. The summed E-state index contributed by atoms with van der Waals surface area (Å²) in [4.78, 5) is 16.0. The lowest BCUT2D eigenvalue weighted by atomic mass is 10.0. The van der Waals surface area contributed by atoms with Gasteiger partial charge in [0.2, 0.25) is 5.91 Å². The molecule has 0 radical (unpaired) electrons. The number of nitrogens with two attached hydrogens (primary N) is 1. The van der Waals surface area contributed by atoms with Gasteiger partial charge in [0.25, 0.3) is 0 Å². The Labute approximate surface area is 116 Å². The van der Waals surface area contributed by atoms with E-state index >= 15 is 0 Å². The normalized spacial score (nSPS) is 12.1. The van der Waals surface area contributed by atoms with Crippen molar-refractivity contribution in [2.45, 2.75) is 26.3 Å². The summed E-state index contributed by atoms with van der Waals surface area (Å²) in [5.74, 6) is -0.0407. The molecule has 0 aliphatic rings. The van der Waals surface area contributed by atoms with Gasteiger partial charge in [-0.1, -0.05) is 24.3 Å². The van der Waals surface area contributed by atoms with E-state index in [1.807, 2.05) is 43.5 Å². The van der Waals surface area contributed by atoms with Crippen LogP contribution in [-0.4, -0.2) is 10.9 Å². The predicted octanol–water partition coefficient (Wildman–Crippen LogP) is 2.45. The number of nitrogen functional groups attached to an aromatic ring is 1. The average molecular weight is 275 g/mol. The molecule has 0 aliphatic carbocycles. The molecule has 1 aromatic heterocycles. The van der Waals surface area contributed by atoms with Crippen molar-refractivity contribution < 1.29 is 4.79 Å². The van der Waals surface area contributed by atoms with Gasteiger partial charge in [-0.2, -0.15) is 0 Å². The third-order valence-electron chi connectivity index (χ3n) is 2.94. The third-order valence-corrected chi connectivity index (χ3v) is 3.67. The summed E-state index contributed by atoms with van der Waals surface area (Å²) >= 11 is 1.35. The number of hydrogen-bond donors (Lipinski definition) is 2. The second-order valence-electron chi connectivity index (χ2n) is 4.50. The van der Waals surface area contributed by atoms with Crippen molar-refractivity contribution in [1.82, 2.24) is 10.3 Å². The van der Waals surface area contributed by atoms with E-state index in [9.17, 15) is 4.79 Å². The lowest BCUT2D eigenvalue weighted by Crippen LogP contribution is -2.28. The molecule has 0 bridgehead atoms. The van der Waals surface area contributed by atoms with Crippen molar-refractivity contribution >= 4 is 22.4 Å². The van der Waals surface area contributed by atoms with E-state index in [2.05, 4.69) is 10.3 Å². The number of amides is 1. The van der Waals surface area contributed by atoms with Gasteiger partial charge in [-0.3, -0.25) is 4.79 Å². The minimum Gasteiger partial charge on any atom is -0.375 e. The molecule has 0 spiro atoms. The zero-order valence-electron chi connectivity index (χ0n) is 11.0. The molecule has 1 heterocycles.